The number of hydrogen-bond acceptors (Lipinski definition) is 2. The monoisotopic (exact) mass is 302 g/mol. The lowest BCUT2D eigenvalue weighted by molar-refractivity contribution is -0.137. The molecule has 5 heteroatoms. The van der Waals surface area contributed by atoms with Crippen molar-refractivity contribution in [1.29, 1.82) is 0 Å². The van der Waals surface area contributed by atoms with Crippen LogP contribution in [0.5, 0.6) is 0 Å². The van der Waals surface area contributed by atoms with E-state index in [0.717, 1.165) is 28.8 Å². The highest BCUT2D eigenvalue weighted by Crippen LogP contribution is 2.29. The van der Waals surface area contributed by atoms with E-state index in [1.165, 1.54) is 12.1 Å². The lowest BCUT2D eigenvalue weighted by Crippen LogP contribution is -2.04. The first-order chi connectivity index (χ1) is 10.4. The summed E-state index contributed by atoms with van der Waals surface area (Å²) in [5.41, 5.74) is 8.10. The standard InChI is InChI=1S/C17H13F3N2/c18-17(19,20)13-7-4-11(5-8-13)10-14-9-6-12-2-1-3-15(21)16(12)22-14/h1-9H,10,21H2. The SMILES string of the molecule is Nc1cccc2ccc(Cc3ccc(C(F)(F)F)cc3)nc12. The Labute approximate surface area is 125 Å². The van der Waals surface area contributed by atoms with Crippen LogP contribution in [0, 0.1) is 0 Å². The Morgan fingerprint density at radius 1 is 0.909 bits per heavy atom. The summed E-state index contributed by atoms with van der Waals surface area (Å²) < 4.78 is 37.6. The van der Waals surface area contributed by atoms with Gasteiger partial charge in [-0.3, -0.25) is 4.98 Å². The number of nitrogen functional groups attached to an aromatic ring is 1. The van der Waals surface area contributed by atoms with Gasteiger partial charge in [0, 0.05) is 17.5 Å². The molecule has 3 rings (SSSR count). The van der Waals surface area contributed by atoms with E-state index in [2.05, 4.69) is 4.98 Å². The summed E-state index contributed by atoms with van der Waals surface area (Å²) in [6, 6.07) is 14.5. The van der Waals surface area contributed by atoms with Gasteiger partial charge in [0.2, 0.25) is 0 Å². The molecular formula is C17H13F3N2. The molecule has 0 bridgehead atoms. The largest absolute Gasteiger partial charge is 0.416 e. The first kappa shape index (κ1) is 14.4. The van der Waals surface area contributed by atoms with Crippen LogP contribution in [0.4, 0.5) is 18.9 Å². The Balaban J connectivity index is 1.88. The summed E-state index contributed by atoms with van der Waals surface area (Å²) in [5.74, 6) is 0. The van der Waals surface area contributed by atoms with Gasteiger partial charge in [-0.15, -0.1) is 0 Å². The van der Waals surface area contributed by atoms with Crippen molar-refractivity contribution < 1.29 is 13.2 Å². The van der Waals surface area contributed by atoms with Gasteiger partial charge in [-0.2, -0.15) is 13.2 Å². The zero-order valence-electron chi connectivity index (χ0n) is 11.6. The normalized spacial score (nSPS) is 11.8. The number of nitrogens with two attached hydrogens (primary N) is 1. The Morgan fingerprint density at radius 3 is 2.32 bits per heavy atom. The molecule has 0 amide bonds. The molecule has 112 valence electrons. The molecular weight excluding hydrogens is 289 g/mol. The second kappa shape index (κ2) is 5.33. The maximum atomic E-state index is 12.5. The fraction of sp³-hybridized carbons (Fsp3) is 0.118. The average molecular weight is 302 g/mol. The van der Waals surface area contributed by atoms with Crippen molar-refractivity contribution in [1.82, 2.24) is 4.98 Å². The maximum Gasteiger partial charge on any atom is 0.416 e. The minimum Gasteiger partial charge on any atom is -0.397 e. The topological polar surface area (TPSA) is 38.9 Å². The van der Waals surface area contributed by atoms with Gasteiger partial charge in [0.25, 0.3) is 0 Å². The van der Waals surface area contributed by atoms with E-state index in [9.17, 15) is 13.2 Å². The van der Waals surface area contributed by atoms with E-state index in [1.54, 1.807) is 6.07 Å². The van der Waals surface area contributed by atoms with Gasteiger partial charge in [-0.25, -0.2) is 0 Å². The van der Waals surface area contributed by atoms with Gasteiger partial charge in [-0.1, -0.05) is 30.3 Å². The van der Waals surface area contributed by atoms with Gasteiger partial charge < -0.3 is 5.73 Å². The van der Waals surface area contributed by atoms with Crippen molar-refractivity contribution in [3.05, 3.63) is 71.4 Å². The predicted octanol–water partition coefficient (Wildman–Crippen LogP) is 4.43. The molecule has 0 saturated carbocycles. The smallest absolute Gasteiger partial charge is 0.397 e. The highest BCUT2D eigenvalue weighted by atomic mass is 19.4. The fourth-order valence-corrected chi connectivity index (χ4v) is 2.33. The number of aromatic nitrogens is 1. The van der Waals surface area contributed by atoms with Crippen LogP contribution in [0.2, 0.25) is 0 Å². The van der Waals surface area contributed by atoms with E-state index in [4.69, 9.17) is 5.73 Å². The molecule has 22 heavy (non-hydrogen) atoms. The lowest BCUT2D eigenvalue weighted by atomic mass is 10.1. The van der Waals surface area contributed by atoms with Crippen molar-refractivity contribution in [2.75, 3.05) is 5.73 Å². The number of hydrogen-bond donors (Lipinski definition) is 1. The molecule has 0 saturated heterocycles. The summed E-state index contributed by atoms with van der Waals surface area (Å²) in [6.45, 7) is 0. The summed E-state index contributed by atoms with van der Waals surface area (Å²) in [6.07, 6.45) is -3.85. The number of pyridine rings is 1. The number of fused-ring (bicyclic) bond motifs is 1. The second-order valence-corrected chi connectivity index (χ2v) is 5.09. The highest BCUT2D eigenvalue weighted by molar-refractivity contribution is 5.89. The summed E-state index contributed by atoms with van der Waals surface area (Å²) in [7, 11) is 0. The molecule has 2 aromatic carbocycles. The summed E-state index contributed by atoms with van der Waals surface area (Å²) in [4.78, 5) is 4.49. The van der Waals surface area contributed by atoms with Gasteiger partial charge in [0.1, 0.15) is 0 Å². The Morgan fingerprint density at radius 2 is 1.64 bits per heavy atom. The fourth-order valence-electron chi connectivity index (χ4n) is 2.33. The van der Waals surface area contributed by atoms with Gasteiger partial charge >= 0.3 is 6.18 Å². The predicted molar refractivity (Wildman–Crippen MR) is 80.4 cm³/mol. The van der Waals surface area contributed by atoms with E-state index in [-0.39, 0.29) is 0 Å². The number of para-hydroxylation sites is 1. The van der Waals surface area contributed by atoms with E-state index in [1.807, 2.05) is 24.3 Å². The molecule has 0 atom stereocenters. The molecule has 2 N–H and O–H groups in total. The van der Waals surface area contributed by atoms with Crippen LogP contribution in [0.15, 0.2) is 54.6 Å². The van der Waals surface area contributed by atoms with Crippen LogP contribution >= 0.6 is 0 Å². The minimum absolute atomic E-state index is 0.461. The van der Waals surface area contributed by atoms with E-state index >= 15 is 0 Å². The first-order valence-electron chi connectivity index (χ1n) is 6.74. The highest BCUT2D eigenvalue weighted by Gasteiger charge is 2.29. The number of rotatable bonds is 2. The van der Waals surface area contributed by atoms with Crippen LogP contribution in [-0.2, 0) is 12.6 Å². The third-order valence-corrected chi connectivity index (χ3v) is 3.48. The molecule has 0 fully saturated rings. The Bertz CT molecular complexity index is 808. The van der Waals surface area contributed by atoms with Crippen molar-refractivity contribution in [3.8, 4) is 0 Å². The van der Waals surface area contributed by atoms with Crippen LogP contribution in [-0.4, -0.2) is 4.98 Å². The molecule has 1 aromatic heterocycles. The molecule has 0 aliphatic rings. The molecule has 0 spiro atoms. The van der Waals surface area contributed by atoms with E-state index < -0.39 is 11.7 Å². The van der Waals surface area contributed by atoms with Crippen LogP contribution in [0.3, 0.4) is 0 Å². The zero-order valence-corrected chi connectivity index (χ0v) is 11.6. The van der Waals surface area contributed by atoms with Gasteiger partial charge in [0.05, 0.1) is 16.8 Å². The minimum atomic E-state index is -4.31. The molecule has 3 aromatic rings. The summed E-state index contributed by atoms with van der Waals surface area (Å²) in [5, 5.41) is 0.941. The average Bonchev–Trinajstić information content (AvgIpc) is 2.48. The van der Waals surface area contributed by atoms with Crippen molar-refractivity contribution in [2.24, 2.45) is 0 Å². The molecule has 0 aliphatic heterocycles. The van der Waals surface area contributed by atoms with Crippen molar-refractivity contribution in [3.63, 3.8) is 0 Å². The molecule has 0 unspecified atom stereocenters. The Hall–Kier alpha value is -2.56. The van der Waals surface area contributed by atoms with Crippen molar-refractivity contribution in [2.45, 2.75) is 12.6 Å². The quantitative estimate of drug-likeness (QED) is 0.711. The number of alkyl halides is 3. The van der Waals surface area contributed by atoms with Crippen LogP contribution in [0.25, 0.3) is 10.9 Å². The van der Waals surface area contributed by atoms with E-state index in [0.29, 0.717) is 17.6 Å². The molecule has 0 aliphatic carbocycles. The number of halogens is 3. The number of nitrogens with zero attached hydrogens (tertiary/aromatic N) is 1. The molecule has 0 radical (unpaired) electrons. The molecule has 2 nitrogen and oxygen atoms in total. The first-order valence-corrected chi connectivity index (χ1v) is 6.74. The van der Waals surface area contributed by atoms with Gasteiger partial charge in [0.15, 0.2) is 0 Å². The number of benzene rings is 2. The Kier molecular flexibility index (Phi) is 3.48. The third kappa shape index (κ3) is 2.88. The van der Waals surface area contributed by atoms with Crippen LogP contribution in [0.1, 0.15) is 16.8 Å². The maximum absolute atomic E-state index is 12.5. The second-order valence-electron chi connectivity index (χ2n) is 5.09. The van der Waals surface area contributed by atoms with Gasteiger partial charge in [-0.05, 0) is 29.8 Å². The number of anilines is 1. The zero-order chi connectivity index (χ0) is 15.7. The van der Waals surface area contributed by atoms with Crippen LogP contribution < -0.4 is 5.73 Å². The lowest BCUT2D eigenvalue weighted by Gasteiger charge is -2.08. The van der Waals surface area contributed by atoms with Crippen molar-refractivity contribution >= 4 is 16.6 Å². The summed E-state index contributed by atoms with van der Waals surface area (Å²) >= 11 is 0. The molecule has 1 heterocycles. The third-order valence-electron chi connectivity index (χ3n) is 3.48.